The number of Topliss-reactive ketones (excluding diaryl/α,β-unsaturated/α-hetero) is 1. The van der Waals surface area contributed by atoms with E-state index in [-0.39, 0.29) is 11.3 Å². The van der Waals surface area contributed by atoms with Crippen LogP contribution >= 0.6 is 11.6 Å². The van der Waals surface area contributed by atoms with Crippen molar-refractivity contribution in [3.63, 3.8) is 0 Å². The van der Waals surface area contributed by atoms with Gasteiger partial charge in [0, 0.05) is 5.56 Å². The molecule has 4 N–H and O–H groups in total. The van der Waals surface area contributed by atoms with Crippen molar-refractivity contribution >= 4 is 28.8 Å². The smallest absolute Gasteiger partial charge is 0.397 e. The summed E-state index contributed by atoms with van der Waals surface area (Å²) in [5.41, 5.74) is 8.28. The Morgan fingerprint density at radius 3 is 2.31 bits per heavy atom. The van der Waals surface area contributed by atoms with Gasteiger partial charge in [-0.3, -0.25) is 4.79 Å². The molecule has 0 aromatic heterocycles. The van der Waals surface area contributed by atoms with Gasteiger partial charge in [0.15, 0.2) is 5.78 Å². The summed E-state index contributed by atoms with van der Waals surface area (Å²) in [5, 5.41) is 0. The first-order valence-electron chi connectivity index (χ1n) is 4.12. The lowest BCUT2D eigenvalue weighted by atomic mass is 10.0. The largest absolute Gasteiger partial charge is 0.418 e. The van der Waals surface area contributed by atoms with E-state index >= 15 is 0 Å². The van der Waals surface area contributed by atoms with Gasteiger partial charge in [-0.15, -0.1) is 11.6 Å². The fraction of sp³-hybridized carbons (Fsp3) is 0.222. The fourth-order valence-corrected chi connectivity index (χ4v) is 1.30. The zero-order valence-corrected chi connectivity index (χ0v) is 8.69. The lowest BCUT2D eigenvalue weighted by molar-refractivity contribution is -0.136. The van der Waals surface area contributed by atoms with Crippen LogP contribution in [0, 0.1) is 0 Å². The number of carbonyl (C=O) groups excluding carboxylic acids is 1. The Kier molecular flexibility index (Phi) is 3.32. The van der Waals surface area contributed by atoms with Crippen LogP contribution in [-0.4, -0.2) is 11.7 Å². The molecule has 3 nitrogen and oxygen atoms in total. The maximum Gasteiger partial charge on any atom is 0.418 e. The molecule has 7 heteroatoms. The SMILES string of the molecule is Nc1cc(C(=O)CCl)cc(C(F)(F)F)c1N. The molecule has 0 saturated carbocycles. The second-order valence-corrected chi connectivity index (χ2v) is 3.35. The Bertz CT molecular complexity index is 431. The van der Waals surface area contributed by atoms with Crippen molar-refractivity contribution in [3.8, 4) is 0 Å². The molecule has 1 aromatic carbocycles. The summed E-state index contributed by atoms with van der Waals surface area (Å²) in [4.78, 5) is 11.2. The Balaban J connectivity index is 3.39. The van der Waals surface area contributed by atoms with Gasteiger partial charge in [0.1, 0.15) is 0 Å². The van der Waals surface area contributed by atoms with Crippen LogP contribution in [0.15, 0.2) is 12.1 Å². The average Bonchev–Trinajstić information content (AvgIpc) is 2.18. The molecule has 88 valence electrons. The summed E-state index contributed by atoms with van der Waals surface area (Å²) in [5.74, 6) is -1.06. The van der Waals surface area contributed by atoms with Crippen LogP contribution in [0.3, 0.4) is 0 Å². The normalized spacial score (nSPS) is 11.5. The number of carbonyl (C=O) groups is 1. The predicted octanol–water partition coefficient (Wildman–Crippen LogP) is 2.29. The van der Waals surface area contributed by atoms with Gasteiger partial charge in [-0.1, -0.05) is 0 Å². The standard InChI is InChI=1S/C9H8ClF3N2O/c10-3-7(16)4-1-5(9(11,12)13)8(15)6(14)2-4/h1-2H,3,14-15H2. The minimum atomic E-state index is -4.65. The number of hydrogen-bond acceptors (Lipinski definition) is 3. The van der Waals surface area contributed by atoms with Gasteiger partial charge in [-0.05, 0) is 12.1 Å². The minimum absolute atomic E-state index is 0.200. The molecule has 0 amide bonds. The number of hydrogen-bond donors (Lipinski definition) is 2. The van der Waals surface area contributed by atoms with Crippen LogP contribution in [0.25, 0.3) is 0 Å². The fourth-order valence-electron chi connectivity index (χ4n) is 1.15. The van der Waals surface area contributed by atoms with Crippen LogP contribution < -0.4 is 11.5 Å². The van der Waals surface area contributed by atoms with Gasteiger partial charge in [-0.2, -0.15) is 13.2 Å². The van der Waals surface area contributed by atoms with E-state index in [1.54, 1.807) is 0 Å². The third-order valence-corrected chi connectivity index (χ3v) is 2.20. The molecule has 0 bridgehead atoms. The van der Waals surface area contributed by atoms with Crippen LogP contribution in [0.2, 0.25) is 0 Å². The molecular weight excluding hydrogens is 245 g/mol. The Morgan fingerprint density at radius 2 is 1.88 bits per heavy atom. The number of halogens is 4. The molecular formula is C9H8ClF3N2O. The topological polar surface area (TPSA) is 69.1 Å². The molecule has 0 aliphatic heterocycles. The second kappa shape index (κ2) is 4.21. The highest BCUT2D eigenvalue weighted by Crippen LogP contribution is 2.37. The van der Waals surface area contributed by atoms with Crippen molar-refractivity contribution in [1.29, 1.82) is 0 Å². The van der Waals surface area contributed by atoms with Gasteiger partial charge in [0.25, 0.3) is 0 Å². The van der Waals surface area contributed by atoms with Crippen molar-refractivity contribution in [2.75, 3.05) is 17.3 Å². The minimum Gasteiger partial charge on any atom is -0.397 e. The molecule has 0 spiro atoms. The van der Waals surface area contributed by atoms with E-state index in [1.807, 2.05) is 0 Å². The molecule has 1 aromatic rings. The second-order valence-electron chi connectivity index (χ2n) is 3.08. The summed E-state index contributed by atoms with van der Waals surface area (Å²) in [6.45, 7) is 0. The highest BCUT2D eigenvalue weighted by molar-refractivity contribution is 6.30. The lowest BCUT2D eigenvalue weighted by Gasteiger charge is -2.13. The number of nitrogens with two attached hydrogens (primary N) is 2. The molecule has 0 unspecified atom stereocenters. The maximum atomic E-state index is 12.5. The van der Waals surface area contributed by atoms with Crippen LogP contribution in [0.4, 0.5) is 24.5 Å². The number of alkyl halides is 4. The quantitative estimate of drug-likeness (QED) is 0.482. The zero-order valence-electron chi connectivity index (χ0n) is 7.94. The average molecular weight is 253 g/mol. The first kappa shape index (κ1) is 12.6. The molecule has 0 fully saturated rings. The first-order chi connectivity index (χ1) is 7.27. The Morgan fingerprint density at radius 1 is 1.31 bits per heavy atom. The summed E-state index contributed by atoms with van der Waals surface area (Å²) in [6.07, 6.45) is -4.65. The number of rotatable bonds is 2. The highest BCUT2D eigenvalue weighted by Gasteiger charge is 2.34. The molecule has 0 atom stereocenters. The van der Waals surface area contributed by atoms with Crippen molar-refractivity contribution in [3.05, 3.63) is 23.3 Å². The Hall–Kier alpha value is -1.43. The zero-order chi connectivity index (χ0) is 12.5. The summed E-state index contributed by atoms with van der Waals surface area (Å²) >= 11 is 5.24. The monoisotopic (exact) mass is 252 g/mol. The van der Waals surface area contributed by atoms with E-state index < -0.39 is 29.1 Å². The number of benzene rings is 1. The van der Waals surface area contributed by atoms with Crippen LogP contribution in [0.5, 0.6) is 0 Å². The molecule has 16 heavy (non-hydrogen) atoms. The van der Waals surface area contributed by atoms with Gasteiger partial charge in [0.05, 0.1) is 22.8 Å². The number of nitrogen functional groups attached to an aromatic ring is 2. The summed E-state index contributed by atoms with van der Waals surface area (Å²) in [6, 6.07) is 1.73. The van der Waals surface area contributed by atoms with Crippen LogP contribution in [0.1, 0.15) is 15.9 Å². The molecule has 0 heterocycles. The van der Waals surface area contributed by atoms with E-state index in [0.717, 1.165) is 6.07 Å². The van der Waals surface area contributed by atoms with Gasteiger partial charge >= 0.3 is 6.18 Å². The molecule has 1 rings (SSSR count). The lowest BCUT2D eigenvalue weighted by Crippen LogP contribution is -2.13. The third-order valence-electron chi connectivity index (χ3n) is 1.96. The molecule has 0 aliphatic carbocycles. The van der Waals surface area contributed by atoms with E-state index in [1.165, 1.54) is 0 Å². The number of ketones is 1. The van der Waals surface area contributed by atoms with E-state index in [2.05, 4.69) is 0 Å². The Labute approximate surface area is 94.2 Å². The molecule has 0 saturated heterocycles. The molecule has 0 radical (unpaired) electrons. The third kappa shape index (κ3) is 2.38. The summed E-state index contributed by atoms with van der Waals surface area (Å²) < 4.78 is 37.5. The maximum absolute atomic E-state index is 12.5. The van der Waals surface area contributed by atoms with Crippen molar-refractivity contribution in [1.82, 2.24) is 0 Å². The van der Waals surface area contributed by atoms with Crippen molar-refractivity contribution < 1.29 is 18.0 Å². The van der Waals surface area contributed by atoms with E-state index in [4.69, 9.17) is 23.1 Å². The van der Waals surface area contributed by atoms with Gasteiger partial charge < -0.3 is 11.5 Å². The molecule has 0 aliphatic rings. The van der Waals surface area contributed by atoms with Crippen molar-refractivity contribution in [2.24, 2.45) is 0 Å². The number of anilines is 2. The van der Waals surface area contributed by atoms with Gasteiger partial charge in [-0.25, -0.2) is 0 Å². The van der Waals surface area contributed by atoms with E-state index in [0.29, 0.717) is 6.07 Å². The predicted molar refractivity (Wildman–Crippen MR) is 55.3 cm³/mol. The highest BCUT2D eigenvalue weighted by atomic mass is 35.5. The van der Waals surface area contributed by atoms with Gasteiger partial charge in [0.2, 0.25) is 0 Å². The first-order valence-corrected chi connectivity index (χ1v) is 4.66. The summed E-state index contributed by atoms with van der Waals surface area (Å²) in [7, 11) is 0. The van der Waals surface area contributed by atoms with Crippen LogP contribution in [-0.2, 0) is 6.18 Å². The van der Waals surface area contributed by atoms with E-state index in [9.17, 15) is 18.0 Å². The van der Waals surface area contributed by atoms with Crippen molar-refractivity contribution in [2.45, 2.75) is 6.18 Å².